The second kappa shape index (κ2) is 19.9. The lowest BCUT2D eigenvalue weighted by molar-refractivity contribution is -0.261. The van der Waals surface area contributed by atoms with E-state index in [2.05, 4.69) is 28.9 Å². The minimum Gasteiger partial charge on any atom is -0.484 e. The van der Waals surface area contributed by atoms with Gasteiger partial charge in [0.1, 0.15) is 67.3 Å². The van der Waals surface area contributed by atoms with Crippen LogP contribution in [0.2, 0.25) is 0 Å². The number of fused-ring (bicyclic) bond motifs is 1. The molecule has 3 aromatic rings. The van der Waals surface area contributed by atoms with Crippen molar-refractivity contribution in [2.75, 3.05) is 26.4 Å². The molecular formula is C31H40N4O22P2. The lowest BCUT2D eigenvalue weighted by Gasteiger charge is -2.38. The summed E-state index contributed by atoms with van der Waals surface area (Å²) in [7, 11) is -11.4. The smallest absolute Gasteiger partial charge is 0.484 e. The zero-order valence-corrected chi connectivity index (χ0v) is 32.3. The van der Waals surface area contributed by atoms with E-state index in [1.165, 1.54) is 12.1 Å². The molecule has 0 aliphatic carbocycles. The zero-order chi connectivity index (χ0) is 43.1. The number of nitrogens with zero attached hydrogens (tertiary/aromatic N) is 2. The van der Waals surface area contributed by atoms with E-state index in [0.29, 0.717) is 24.2 Å². The molecule has 9 N–H and O–H groups in total. The Kier molecular flexibility index (Phi) is 15.5. The van der Waals surface area contributed by atoms with Gasteiger partial charge in [0.2, 0.25) is 0 Å². The Morgan fingerprint density at radius 1 is 0.966 bits per heavy atom. The molecule has 0 saturated carbocycles. The molecule has 2 aromatic heterocycles. The monoisotopic (exact) mass is 882 g/mol. The molecule has 4 heterocycles. The van der Waals surface area contributed by atoms with Gasteiger partial charge in [0.25, 0.3) is 11.5 Å². The molecule has 11 atom stereocenters. The minimum absolute atomic E-state index is 0.00581. The number of nitrogens with one attached hydrogen (secondary N) is 2. The molecule has 326 valence electrons. The number of aromatic amines is 1. The SMILES string of the molecule is Cc1cc(=O)oc2cc(OCC(=O)NCCCCON=C[C@H]3OC(OP(=O)(O)OP(=O)(O)OOC[C@H]4O[C@@H](n5ccc(=O)[nH]c5=O)[C@H](O)[C@@H]4O)[C@H](O)[C@@H](O)[C@H]3O)ccc12. The Labute approximate surface area is 330 Å². The topological polar surface area (TPSA) is 376 Å². The summed E-state index contributed by atoms with van der Waals surface area (Å²) in [5.41, 5.74) is -1.21. The molecular weight excluding hydrogens is 842 g/mol. The van der Waals surface area contributed by atoms with Crippen molar-refractivity contribution in [3.05, 3.63) is 73.4 Å². The summed E-state index contributed by atoms with van der Waals surface area (Å²) in [4.78, 5) is 78.6. The molecule has 1 amide bonds. The van der Waals surface area contributed by atoms with E-state index >= 15 is 0 Å². The number of hydrogen-bond acceptors (Lipinski definition) is 21. The summed E-state index contributed by atoms with van der Waals surface area (Å²) in [6, 6.07) is 7.15. The van der Waals surface area contributed by atoms with Crippen molar-refractivity contribution in [3.8, 4) is 5.75 Å². The summed E-state index contributed by atoms with van der Waals surface area (Å²) in [6.45, 7) is 0.758. The molecule has 59 heavy (non-hydrogen) atoms. The summed E-state index contributed by atoms with van der Waals surface area (Å²) in [6.07, 6.45) is -14.1. The number of hydrogen-bond donors (Lipinski definition) is 9. The summed E-state index contributed by atoms with van der Waals surface area (Å²) < 4.78 is 59.5. The fourth-order valence-electron chi connectivity index (χ4n) is 5.54. The number of ether oxygens (including phenoxy) is 3. The molecule has 26 nitrogen and oxygen atoms in total. The number of oxime groups is 1. The van der Waals surface area contributed by atoms with Crippen LogP contribution >= 0.6 is 15.6 Å². The summed E-state index contributed by atoms with van der Waals surface area (Å²) in [5.74, 6) is -0.0989. The number of rotatable bonds is 19. The predicted molar refractivity (Wildman–Crippen MR) is 192 cm³/mol. The summed E-state index contributed by atoms with van der Waals surface area (Å²) in [5, 5.41) is 58.2. The molecule has 1 aromatic carbocycles. The average Bonchev–Trinajstić information content (AvgIpc) is 3.43. The van der Waals surface area contributed by atoms with Crippen LogP contribution in [-0.2, 0) is 46.6 Å². The molecule has 2 aliphatic heterocycles. The van der Waals surface area contributed by atoms with Crippen LogP contribution in [0.4, 0.5) is 0 Å². The van der Waals surface area contributed by atoms with Crippen LogP contribution in [0.3, 0.4) is 0 Å². The molecule has 2 aliphatic rings. The molecule has 2 fully saturated rings. The van der Waals surface area contributed by atoms with Crippen LogP contribution in [0.15, 0.2) is 60.5 Å². The molecule has 0 radical (unpaired) electrons. The molecule has 0 spiro atoms. The highest BCUT2D eigenvalue weighted by Gasteiger charge is 2.49. The first-order chi connectivity index (χ1) is 27.8. The maximum Gasteiger partial charge on any atom is 0.508 e. The van der Waals surface area contributed by atoms with Gasteiger partial charge in [0, 0.05) is 36.3 Å². The van der Waals surface area contributed by atoms with E-state index in [1.54, 1.807) is 19.1 Å². The lowest BCUT2D eigenvalue weighted by Crippen LogP contribution is -2.58. The van der Waals surface area contributed by atoms with E-state index in [-0.39, 0.29) is 19.8 Å². The Bertz CT molecular complexity index is 2230. The van der Waals surface area contributed by atoms with Crippen molar-refractivity contribution in [1.82, 2.24) is 14.9 Å². The molecule has 28 heteroatoms. The Morgan fingerprint density at radius 2 is 1.73 bits per heavy atom. The third kappa shape index (κ3) is 12.4. The number of unbranched alkanes of at least 4 members (excludes halogenated alkanes) is 1. The van der Waals surface area contributed by atoms with Crippen molar-refractivity contribution < 1.29 is 91.1 Å². The van der Waals surface area contributed by atoms with E-state index in [9.17, 15) is 63.6 Å². The summed E-state index contributed by atoms with van der Waals surface area (Å²) >= 11 is 0. The second-order valence-corrected chi connectivity index (χ2v) is 15.7. The number of phosphoric acid groups is 2. The number of carbonyl (C=O) groups is 1. The van der Waals surface area contributed by atoms with E-state index < -0.39 is 100 Å². The van der Waals surface area contributed by atoms with Crippen molar-refractivity contribution in [3.63, 3.8) is 0 Å². The Morgan fingerprint density at radius 3 is 2.47 bits per heavy atom. The van der Waals surface area contributed by atoms with Gasteiger partial charge in [-0.15, -0.1) is 4.67 Å². The van der Waals surface area contributed by atoms with Gasteiger partial charge in [-0.2, -0.15) is 4.31 Å². The predicted octanol–water partition coefficient (Wildman–Crippen LogP) is -2.46. The van der Waals surface area contributed by atoms with Crippen LogP contribution in [0.1, 0.15) is 24.6 Å². The van der Waals surface area contributed by atoms with Gasteiger partial charge in [-0.1, -0.05) is 5.16 Å². The number of aromatic nitrogens is 2. The number of aryl methyl sites for hydroxylation is 1. The largest absolute Gasteiger partial charge is 0.508 e. The Balaban J connectivity index is 1.00. The quantitative estimate of drug-likeness (QED) is 0.0150. The number of aliphatic hydroxyl groups is 5. The fourth-order valence-corrected chi connectivity index (χ4v) is 7.47. The molecule has 0 bridgehead atoms. The highest BCUT2D eigenvalue weighted by atomic mass is 31.3. The van der Waals surface area contributed by atoms with Gasteiger partial charge in [-0.05, 0) is 37.5 Å². The first kappa shape index (κ1) is 45.9. The van der Waals surface area contributed by atoms with Gasteiger partial charge < -0.3 is 64.1 Å². The number of aliphatic hydroxyl groups excluding tert-OH is 5. The first-order valence-electron chi connectivity index (χ1n) is 17.3. The molecule has 2 saturated heterocycles. The number of H-pyrrole nitrogens is 1. The van der Waals surface area contributed by atoms with Crippen LogP contribution in [0.25, 0.3) is 11.0 Å². The number of amides is 1. The van der Waals surface area contributed by atoms with Gasteiger partial charge in [-0.3, -0.25) is 23.7 Å². The third-order valence-electron chi connectivity index (χ3n) is 8.45. The zero-order valence-electron chi connectivity index (χ0n) is 30.5. The second-order valence-electron chi connectivity index (χ2n) is 12.8. The maximum atomic E-state index is 12.5. The lowest BCUT2D eigenvalue weighted by atomic mass is 10.00. The van der Waals surface area contributed by atoms with Gasteiger partial charge in [0.05, 0.1) is 6.21 Å². The van der Waals surface area contributed by atoms with Crippen molar-refractivity contribution in [2.24, 2.45) is 5.16 Å². The van der Waals surface area contributed by atoms with Crippen molar-refractivity contribution in [1.29, 1.82) is 0 Å². The number of carbonyl (C=O) groups excluding carboxylic acids is 1. The normalized spacial score (nSPS) is 28.0. The molecule has 3 unspecified atom stereocenters. The van der Waals surface area contributed by atoms with Gasteiger partial charge in [0.15, 0.2) is 19.1 Å². The van der Waals surface area contributed by atoms with Crippen LogP contribution in [0, 0.1) is 6.92 Å². The van der Waals surface area contributed by atoms with Gasteiger partial charge in [-0.25, -0.2) is 23.6 Å². The van der Waals surface area contributed by atoms with Crippen molar-refractivity contribution in [2.45, 2.75) is 75.0 Å². The first-order valence-corrected chi connectivity index (χ1v) is 20.3. The number of benzene rings is 1. The highest BCUT2D eigenvalue weighted by molar-refractivity contribution is 7.61. The maximum absolute atomic E-state index is 12.5. The molecule has 5 rings (SSSR count). The van der Waals surface area contributed by atoms with E-state index in [1.807, 2.05) is 4.98 Å². The van der Waals surface area contributed by atoms with Crippen molar-refractivity contribution >= 4 is 38.7 Å². The standard InChI is InChI=1S/C31H40N4O22P2/c1-15-10-23(38)52-18-11-16(4-5-17(15)18)49-14-22(37)32-7-2-3-9-50-33-12-19-24(39)26(41)28(43)30(54-19)55-58(45,46)57-59(47,48)56-51-13-20-25(40)27(42)29(53-20)35-8-6-21(36)34-31(35)44/h4-6,8,10-12,19-20,24-30,39-43H,2-3,7,9,13-14H2,1H3,(H,32,37)(H,45,46)(H,47,48)(H,34,36,44)/t19-,20-,24+,25-,26+,27-,28-,29-,30?/m1/s1. The van der Waals surface area contributed by atoms with Crippen LogP contribution in [-0.4, -0.2) is 132 Å². The van der Waals surface area contributed by atoms with Gasteiger partial charge >= 0.3 is 27.0 Å². The third-order valence-corrected chi connectivity index (χ3v) is 10.9. The highest BCUT2D eigenvalue weighted by Crippen LogP contribution is 2.61. The van der Waals surface area contributed by atoms with Crippen LogP contribution in [0.5, 0.6) is 5.75 Å². The average molecular weight is 883 g/mol. The van der Waals surface area contributed by atoms with E-state index in [0.717, 1.165) is 34.0 Å². The van der Waals surface area contributed by atoms with E-state index in [4.69, 9.17) is 23.5 Å². The minimum atomic E-state index is -5.74. The fraction of sp³-hybridized carbons (Fsp3) is 0.516. The van der Waals surface area contributed by atoms with Crippen LogP contribution < -0.4 is 26.9 Å². The Hall–Kier alpha value is -4.21. The number of phosphoric ester groups is 1.